The maximum absolute atomic E-state index is 13.2. The van der Waals surface area contributed by atoms with E-state index < -0.39 is 16.6 Å². The Balaban J connectivity index is 1.99. The monoisotopic (exact) mass is 255 g/mol. The van der Waals surface area contributed by atoms with Crippen LogP contribution in [0.4, 0.5) is 10.1 Å². The van der Waals surface area contributed by atoms with Crippen molar-refractivity contribution in [2.75, 3.05) is 5.73 Å². The van der Waals surface area contributed by atoms with Crippen LogP contribution in [0.3, 0.4) is 0 Å². The fourth-order valence-electron chi connectivity index (χ4n) is 2.27. The van der Waals surface area contributed by atoms with Gasteiger partial charge < -0.3 is 5.73 Å². The molecule has 0 saturated heterocycles. The van der Waals surface area contributed by atoms with Crippen LogP contribution >= 0.6 is 0 Å². The Morgan fingerprint density at radius 3 is 2.65 bits per heavy atom. The number of anilines is 1. The number of hydrogen-bond donors (Lipinski definition) is 1. The van der Waals surface area contributed by atoms with Crippen molar-refractivity contribution < 1.29 is 8.60 Å². The van der Waals surface area contributed by atoms with E-state index in [-0.39, 0.29) is 5.69 Å². The number of nitrogen functional groups attached to an aromatic ring is 1. The lowest BCUT2D eigenvalue weighted by Gasteiger charge is -2.20. The Morgan fingerprint density at radius 1 is 1.29 bits per heavy atom. The molecule has 1 aliphatic carbocycles. The topological polar surface area (TPSA) is 43.1 Å². The molecule has 1 aromatic rings. The van der Waals surface area contributed by atoms with E-state index in [1.807, 2.05) is 0 Å². The SMILES string of the molecule is Nc1ccc(CS(=O)C2CCCCC2)cc1F. The van der Waals surface area contributed by atoms with Crippen molar-refractivity contribution in [2.24, 2.45) is 0 Å². The molecule has 1 aliphatic rings. The molecule has 0 amide bonds. The van der Waals surface area contributed by atoms with Gasteiger partial charge in [-0.05, 0) is 30.5 Å². The van der Waals surface area contributed by atoms with E-state index in [2.05, 4.69) is 0 Å². The zero-order valence-corrected chi connectivity index (χ0v) is 10.6. The Bertz CT molecular complexity index is 416. The van der Waals surface area contributed by atoms with E-state index in [1.54, 1.807) is 12.1 Å². The summed E-state index contributed by atoms with van der Waals surface area (Å²) in [5.41, 5.74) is 6.34. The van der Waals surface area contributed by atoms with Crippen LogP contribution in [0.5, 0.6) is 0 Å². The predicted molar refractivity (Wildman–Crippen MR) is 69.5 cm³/mol. The fourth-order valence-corrected chi connectivity index (χ4v) is 3.87. The number of nitrogens with two attached hydrogens (primary N) is 1. The molecule has 2 N–H and O–H groups in total. The summed E-state index contributed by atoms with van der Waals surface area (Å²) < 4.78 is 25.4. The Labute approximate surface area is 104 Å². The minimum Gasteiger partial charge on any atom is -0.396 e. The standard InChI is InChI=1S/C13H18FNOS/c14-12-8-10(6-7-13(12)15)9-17(16)11-4-2-1-3-5-11/h6-8,11H,1-5,9,15H2. The molecule has 1 fully saturated rings. The number of hydrogen-bond acceptors (Lipinski definition) is 2. The highest BCUT2D eigenvalue weighted by molar-refractivity contribution is 7.84. The summed E-state index contributed by atoms with van der Waals surface area (Å²) in [4.78, 5) is 0. The largest absolute Gasteiger partial charge is 0.396 e. The van der Waals surface area contributed by atoms with Gasteiger partial charge in [0.25, 0.3) is 0 Å². The fraction of sp³-hybridized carbons (Fsp3) is 0.538. The minimum atomic E-state index is -0.880. The first-order valence-corrected chi connectivity index (χ1v) is 7.46. The van der Waals surface area contributed by atoms with Crippen molar-refractivity contribution in [3.8, 4) is 0 Å². The second-order valence-corrected chi connectivity index (χ2v) is 6.36. The number of halogens is 1. The van der Waals surface area contributed by atoms with Crippen molar-refractivity contribution in [1.29, 1.82) is 0 Å². The quantitative estimate of drug-likeness (QED) is 0.844. The van der Waals surface area contributed by atoms with Gasteiger partial charge in [-0.2, -0.15) is 0 Å². The van der Waals surface area contributed by atoms with Crippen molar-refractivity contribution in [1.82, 2.24) is 0 Å². The van der Waals surface area contributed by atoms with Gasteiger partial charge in [0.05, 0.1) is 5.69 Å². The third-order valence-electron chi connectivity index (χ3n) is 3.30. The lowest BCUT2D eigenvalue weighted by molar-refractivity contribution is 0.504. The van der Waals surface area contributed by atoms with Gasteiger partial charge in [-0.15, -0.1) is 0 Å². The molecule has 1 atom stereocenters. The molecule has 2 nitrogen and oxygen atoms in total. The number of benzene rings is 1. The highest BCUT2D eigenvalue weighted by Gasteiger charge is 2.19. The molecule has 0 radical (unpaired) electrons. The van der Waals surface area contributed by atoms with Gasteiger partial charge in [0, 0.05) is 21.8 Å². The van der Waals surface area contributed by atoms with E-state index in [9.17, 15) is 8.60 Å². The first kappa shape index (κ1) is 12.6. The molecule has 0 heterocycles. The highest BCUT2D eigenvalue weighted by atomic mass is 32.2. The molecule has 4 heteroatoms. The normalized spacial score (nSPS) is 19.1. The van der Waals surface area contributed by atoms with Gasteiger partial charge in [0.15, 0.2) is 0 Å². The Kier molecular flexibility index (Phi) is 4.15. The molecule has 0 aliphatic heterocycles. The molecule has 94 valence electrons. The smallest absolute Gasteiger partial charge is 0.146 e. The lowest BCUT2D eigenvalue weighted by Crippen LogP contribution is -2.19. The van der Waals surface area contributed by atoms with Crippen molar-refractivity contribution in [3.05, 3.63) is 29.6 Å². The predicted octanol–water partition coefficient (Wildman–Crippen LogP) is 2.99. The van der Waals surface area contributed by atoms with E-state index in [4.69, 9.17) is 5.73 Å². The summed E-state index contributed by atoms with van der Waals surface area (Å²) in [7, 11) is -0.880. The Hall–Kier alpha value is -0.900. The van der Waals surface area contributed by atoms with Crippen LogP contribution in [0, 0.1) is 5.82 Å². The molecule has 0 aromatic heterocycles. The van der Waals surface area contributed by atoms with E-state index in [1.165, 1.54) is 25.3 Å². The van der Waals surface area contributed by atoms with E-state index >= 15 is 0 Å². The minimum absolute atomic E-state index is 0.150. The van der Waals surface area contributed by atoms with Crippen molar-refractivity contribution in [3.63, 3.8) is 0 Å². The molecule has 2 rings (SSSR count). The van der Waals surface area contributed by atoms with E-state index in [0.717, 1.165) is 18.4 Å². The maximum atomic E-state index is 13.2. The zero-order valence-electron chi connectivity index (χ0n) is 9.82. The van der Waals surface area contributed by atoms with E-state index in [0.29, 0.717) is 11.0 Å². The zero-order chi connectivity index (χ0) is 12.3. The summed E-state index contributed by atoms with van der Waals surface area (Å²) in [5, 5.41) is 0.296. The first-order valence-electron chi connectivity index (χ1n) is 6.08. The molecular weight excluding hydrogens is 237 g/mol. The van der Waals surface area contributed by atoms with Gasteiger partial charge >= 0.3 is 0 Å². The molecule has 1 aromatic carbocycles. The third-order valence-corrected chi connectivity index (χ3v) is 5.13. The summed E-state index contributed by atoms with van der Waals surface area (Å²) >= 11 is 0. The third kappa shape index (κ3) is 3.28. The van der Waals surface area contributed by atoms with Gasteiger partial charge in [0.1, 0.15) is 5.82 Å². The average molecular weight is 255 g/mol. The van der Waals surface area contributed by atoms with Crippen LogP contribution in [0.25, 0.3) is 0 Å². The number of rotatable bonds is 3. The molecular formula is C13H18FNOS. The van der Waals surface area contributed by atoms with Gasteiger partial charge in [-0.3, -0.25) is 4.21 Å². The first-order chi connectivity index (χ1) is 8.16. The van der Waals surface area contributed by atoms with Crippen LogP contribution in [0.2, 0.25) is 0 Å². The van der Waals surface area contributed by atoms with Gasteiger partial charge in [0.2, 0.25) is 0 Å². The van der Waals surface area contributed by atoms with Crippen LogP contribution in [-0.4, -0.2) is 9.46 Å². The summed E-state index contributed by atoms with van der Waals surface area (Å²) in [5.74, 6) is 0.0325. The van der Waals surface area contributed by atoms with Crippen LogP contribution < -0.4 is 5.73 Å². The molecule has 1 unspecified atom stereocenters. The van der Waals surface area contributed by atoms with Crippen LogP contribution in [0.15, 0.2) is 18.2 Å². The second kappa shape index (κ2) is 5.63. The Morgan fingerprint density at radius 2 is 2.00 bits per heavy atom. The summed E-state index contributed by atoms with van der Waals surface area (Å²) in [6.07, 6.45) is 5.69. The maximum Gasteiger partial charge on any atom is 0.146 e. The van der Waals surface area contributed by atoms with Gasteiger partial charge in [-0.1, -0.05) is 25.3 Å². The van der Waals surface area contributed by atoms with Crippen LogP contribution in [0.1, 0.15) is 37.7 Å². The summed E-state index contributed by atoms with van der Waals surface area (Å²) in [6.45, 7) is 0. The van der Waals surface area contributed by atoms with Crippen LogP contribution in [-0.2, 0) is 16.6 Å². The van der Waals surface area contributed by atoms with Crippen molar-refractivity contribution in [2.45, 2.75) is 43.1 Å². The second-order valence-electron chi connectivity index (χ2n) is 4.64. The molecule has 17 heavy (non-hydrogen) atoms. The highest BCUT2D eigenvalue weighted by Crippen LogP contribution is 2.24. The van der Waals surface area contributed by atoms with Crippen molar-refractivity contribution >= 4 is 16.5 Å². The molecule has 0 spiro atoms. The summed E-state index contributed by atoms with van der Waals surface area (Å²) in [6, 6.07) is 4.71. The lowest BCUT2D eigenvalue weighted by atomic mass is 10.0. The van der Waals surface area contributed by atoms with Gasteiger partial charge in [-0.25, -0.2) is 4.39 Å². The average Bonchev–Trinajstić information content (AvgIpc) is 2.35. The molecule has 1 saturated carbocycles. The molecule has 0 bridgehead atoms.